The van der Waals surface area contributed by atoms with Gasteiger partial charge in [0.15, 0.2) is 5.65 Å². The number of hydrogen-bond acceptors (Lipinski definition) is 3. The highest BCUT2D eigenvalue weighted by Crippen LogP contribution is 2.36. The SMILES string of the molecule is O=C(c1ccc2nncn2c1)N1CCC[C@H]1C1CCCC1. The molecule has 1 amide bonds. The Bertz CT molecular complexity index is 659. The van der Waals surface area contributed by atoms with Gasteiger partial charge in [-0.25, -0.2) is 0 Å². The van der Waals surface area contributed by atoms with Gasteiger partial charge in [-0.1, -0.05) is 12.8 Å². The van der Waals surface area contributed by atoms with Crippen molar-refractivity contribution in [2.45, 2.75) is 44.6 Å². The van der Waals surface area contributed by atoms with Crippen LogP contribution >= 0.6 is 0 Å². The van der Waals surface area contributed by atoms with Gasteiger partial charge in [0.25, 0.3) is 5.91 Å². The number of hydrogen-bond donors (Lipinski definition) is 0. The van der Waals surface area contributed by atoms with E-state index in [0.29, 0.717) is 6.04 Å². The van der Waals surface area contributed by atoms with Crippen LogP contribution in [0.15, 0.2) is 24.7 Å². The molecule has 21 heavy (non-hydrogen) atoms. The minimum atomic E-state index is 0.167. The number of amides is 1. The number of carbonyl (C=O) groups is 1. The number of nitrogens with zero attached hydrogens (tertiary/aromatic N) is 4. The summed E-state index contributed by atoms with van der Waals surface area (Å²) in [4.78, 5) is 15.0. The van der Waals surface area contributed by atoms with Gasteiger partial charge < -0.3 is 4.90 Å². The molecule has 0 aromatic carbocycles. The van der Waals surface area contributed by atoms with Crippen molar-refractivity contribution in [2.24, 2.45) is 5.92 Å². The maximum absolute atomic E-state index is 12.9. The van der Waals surface area contributed by atoms with Crippen molar-refractivity contribution >= 4 is 11.6 Å². The molecule has 0 N–H and O–H groups in total. The molecule has 0 unspecified atom stereocenters. The van der Waals surface area contributed by atoms with Crippen molar-refractivity contribution in [3.63, 3.8) is 0 Å². The Kier molecular flexibility index (Phi) is 3.13. The lowest BCUT2D eigenvalue weighted by Crippen LogP contribution is -2.39. The summed E-state index contributed by atoms with van der Waals surface area (Å²) in [6.45, 7) is 0.903. The Hall–Kier alpha value is -1.91. The van der Waals surface area contributed by atoms with Crippen LogP contribution in [0.4, 0.5) is 0 Å². The Morgan fingerprint density at radius 2 is 2.00 bits per heavy atom. The molecule has 1 saturated carbocycles. The molecular weight excluding hydrogens is 264 g/mol. The van der Waals surface area contributed by atoms with Crippen molar-refractivity contribution < 1.29 is 4.79 Å². The normalized spacial score (nSPS) is 23.2. The summed E-state index contributed by atoms with van der Waals surface area (Å²) >= 11 is 0. The van der Waals surface area contributed by atoms with Crippen molar-refractivity contribution in [1.29, 1.82) is 0 Å². The molecule has 0 radical (unpaired) electrons. The third kappa shape index (κ3) is 2.20. The second-order valence-corrected chi connectivity index (χ2v) is 6.27. The molecule has 0 bridgehead atoms. The van der Waals surface area contributed by atoms with Gasteiger partial charge >= 0.3 is 0 Å². The summed E-state index contributed by atoms with van der Waals surface area (Å²) in [6, 6.07) is 4.19. The molecule has 3 heterocycles. The number of rotatable bonds is 2. The maximum atomic E-state index is 12.9. The van der Waals surface area contributed by atoms with Crippen LogP contribution < -0.4 is 0 Å². The lowest BCUT2D eigenvalue weighted by Gasteiger charge is -2.29. The number of likely N-dealkylation sites (tertiary alicyclic amines) is 1. The van der Waals surface area contributed by atoms with Gasteiger partial charge in [-0.05, 0) is 43.7 Å². The fourth-order valence-electron chi connectivity index (χ4n) is 4.00. The van der Waals surface area contributed by atoms with Crippen LogP contribution in [0.25, 0.3) is 5.65 Å². The Labute approximate surface area is 124 Å². The van der Waals surface area contributed by atoms with Gasteiger partial charge in [-0.3, -0.25) is 9.20 Å². The molecule has 4 rings (SSSR count). The van der Waals surface area contributed by atoms with Crippen molar-refractivity contribution in [3.8, 4) is 0 Å². The number of fused-ring (bicyclic) bond motifs is 1. The van der Waals surface area contributed by atoms with Gasteiger partial charge in [0.05, 0.1) is 5.56 Å². The van der Waals surface area contributed by atoms with Crippen LogP contribution in [-0.2, 0) is 0 Å². The van der Waals surface area contributed by atoms with Crippen LogP contribution in [0.3, 0.4) is 0 Å². The molecule has 5 heteroatoms. The second-order valence-electron chi connectivity index (χ2n) is 6.27. The van der Waals surface area contributed by atoms with E-state index in [1.807, 2.05) is 22.7 Å². The summed E-state index contributed by atoms with van der Waals surface area (Å²) in [5.74, 6) is 0.884. The smallest absolute Gasteiger partial charge is 0.255 e. The van der Waals surface area contributed by atoms with Gasteiger partial charge in [0.2, 0.25) is 0 Å². The average Bonchev–Trinajstić information content (AvgIpc) is 3.24. The predicted molar refractivity (Wildman–Crippen MR) is 79.0 cm³/mol. The molecule has 2 aromatic rings. The first-order valence-electron chi connectivity index (χ1n) is 7.93. The summed E-state index contributed by atoms with van der Waals surface area (Å²) in [6.07, 6.45) is 11.0. The molecule has 5 nitrogen and oxygen atoms in total. The fourth-order valence-corrected chi connectivity index (χ4v) is 4.00. The Morgan fingerprint density at radius 3 is 2.86 bits per heavy atom. The molecule has 1 atom stereocenters. The maximum Gasteiger partial charge on any atom is 0.255 e. The first-order chi connectivity index (χ1) is 10.3. The first-order valence-corrected chi connectivity index (χ1v) is 7.93. The van der Waals surface area contributed by atoms with Crippen molar-refractivity contribution in [3.05, 3.63) is 30.2 Å². The van der Waals surface area contributed by atoms with E-state index in [4.69, 9.17) is 0 Å². The lowest BCUT2D eigenvalue weighted by atomic mass is 9.95. The number of aromatic nitrogens is 3. The van der Waals surface area contributed by atoms with E-state index in [1.165, 1.54) is 32.1 Å². The molecule has 1 saturated heterocycles. The molecule has 1 aliphatic heterocycles. The molecule has 0 spiro atoms. The average molecular weight is 284 g/mol. The highest BCUT2D eigenvalue weighted by molar-refractivity contribution is 5.94. The molecule has 2 fully saturated rings. The minimum absolute atomic E-state index is 0.167. The fraction of sp³-hybridized carbons (Fsp3) is 0.562. The third-order valence-corrected chi connectivity index (χ3v) is 5.04. The van der Waals surface area contributed by atoms with Gasteiger partial charge in [-0.2, -0.15) is 0 Å². The van der Waals surface area contributed by atoms with E-state index in [2.05, 4.69) is 15.1 Å². The molecule has 2 aromatic heterocycles. The van der Waals surface area contributed by atoms with Crippen molar-refractivity contribution in [1.82, 2.24) is 19.5 Å². The van der Waals surface area contributed by atoms with Gasteiger partial charge in [0, 0.05) is 18.8 Å². The second kappa shape index (κ2) is 5.13. The quantitative estimate of drug-likeness (QED) is 0.851. The van der Waals surface area contributed by atoms with E-state index in [-0.39, 0.29) is 5.91 Å². The van der Waals surface area contributed by atoms with E-state index >= 15 is 0 Å². The standard InChI is InChI=1S/C16H20N4O/c21-16(13-7-8-15-18-17-11-19(15)10-13)20-9-3-6-14(20)12-4-1-2-5-12/h7-8,10-12,14H,1-6,9H2/t14-/m0/s1. The van der Waals surface area contributed by atoms with Crippen LogP contribution in [0, 0.1) is 5.92 Å². The molecule has 1 aliphatic carbocycles. The molecular formula is C16H20N4O. The lowest BCUT2D eigenvalue weighted by molar-refractivity contribution is 0.0688. The molecule has 110 valence electrons. The van der Waals surface area contributed by atoms with Crippen LogP contribution in [-0.4, -0.2) is 38.0 Å². The van der Waals surface area contributed by atoms with E-state index in [1.54, 1.807) is 6.33 Å². The van der Waals surface area contributed by atoms with E-state index < -0.39 is 0 Å². The summed E-state index contributed by atoms with van der Waals surface area (Å²) in [5.41, 5.74) is 1.52. The zero-order valence-electron chi connectivity index (χ0n) is 12.1. The first kappa shape index (κ1) is 12.8. The minimum Gasteiger partial charge on any atom is -0.335 e. The predicted octanol–water partition coefficient (Wildman–Crippen LogP) is 2.52. The number of carbonyl (C=O) groups excluding carboxylic acids is 1. The van der Waals surface area contributed by atoms with E-state index in [0.717, 1.165) is 30.1 Å². The van der Waals surface area contributed by atoms with E-state index in [9.17, 15) is 4.79 Å². The Morgan fingerprint density at radius 1 is 1.14 bits per heavy atom. The molecule has 2 aliphatic rings. The summed E-state index contributed by atoms with van der Waals surface area (Å²) in [5, 5.41) is 7.85. The topological polar surface area (TPSA) is 50.5 Å². The van der Waals surface area contributed by atoms with Crippen LogP contribution in [0.5, 0.6) is 0 Å². The van der Waals surface area contributed by atoms with Crippen LogP contribution in [0.2, 0.25) is 0 Å². The zero-order valence-corrected chi connectivity index (χ0v) is 12.1. The van der Waals surface area contributed by atoms with Crippen molar-refractivity contribution in [2.75, 3.05) is 6.54 Å². The largest absolute Gasteiger partial charge is 0.335 e. The monoisotopic (exact) mass is 284 g/mol. The zero-order chi connectivity index (χ0) is 14.2. The summed E-state index contributed by atoms with van der Waals surface area (Å²) in [7, 11) is 0. The van der Waals surface area contributed by atoms with Gasteiger partial charge in [-0.15, -0.1) is 10.2 Å². The highest BCUT2D eigenvalue weighted by Gasteiger charge is 2.36. The third-order valence-electron chi connectivity index (χ3n) is 5.04. The van der Waals surface area contributed by atoms with Crippen LogP contribution in [0.1, 0.15) is 48.9 Å². The van der Waals surface area contributed by atoms with Gasteiger partial charge in [0.1, 0.15) is 6.33 Å². The highest BCUT2D eigenvalue weighted by atomic mass is 16.2. The Balaban J connectivity index is 1.60. The summed E-state index contributed by atoms with van der Waals surface area (Å²) < 4.78 is 1.81. The number of pyridine rings is 1.